The number of hydrogen-bond donors (Lipinski definition) is 1. The van der Waals surface area contributed by atoms with Gasteiger partial charge in [-0.25, -0.2) is 14.6 Å². The molecule has 2 heterocycles. The molecule has 3 atom stereocenters. The fourth-order valence-corrected chi connectivity index (χ4v) is 5.05. The van der Waals surface area contributed by atoms with Gasteiger partial charge in [0.25, 0.3) is 11.8 Å². The Hall–Kier alpha value is -4.76. The molecule has 0 aromatic heterocycles. The summed E-state index contributed by atoms with van der Waals surface area (Å²) in [5.41, 5.74) is 1.48. The molecule has 9 heteroatoms. The van der Waals surface area contributed by atoms with Crippen LogP contribution in [-0.4, -0.2) is 54.0 Å². The molecule has 0 aliphatic carbocycles. The fourth-order valence-electron chi connectivity index (χ4n) is 5.05. The molecular formula is C29H25N3O6. The highest BCUT2D eigenvalue weighted by Gasteiger charge is 2.60. The van der Waals surface area contributed by atoms with Crippen molar-refractivity contribution in [1.82, 2.24) is 15.3 Å². The molecule has 38 heavy (non-hydrogen) atoms. The van der Waals surface area contributed by atoms with E-state index in [-0.39, 0.29) is 11.3 Å². The zero-order chi connectivity index (χ0) is 26.8. The van der Waals surface area contributed by atoms with Crippen molar-refractivity contribution in [2.24, 2.45) is 0 Å². The van der Waals surface area contributed by atoms with Crippen LogP contribution in [0.2, 0.25) is 0 Å². The van der Waals surface area contributed by atoms with E-state index in [1.807, 2.05) is 36.4 Å². The Morgan fingerprint density at radius 1 is 0.737 bits per heavy atom. The van der Waals surface area contributed by atoms with Gasteiger partial charge < -0.3 is 14.8 Å². The Morgan fingerprint density at radius 2 is 1.26 bits per heavy atom. The van der Waals surface area contributed by atoms with Crippen molar-refractivity contribution < 1.29 is 28.7 Å². The molecule has 9 nitrogen and oxygen atoms in total. The van der Waals surface area contributed by atoms with Crippen LogP contribution in [0.3, 0.4) is 0 Å². The van der Waals surface area contributed by atoms with E-state index >= 15 is 0 Å². The standard InChI is InChI=1S/C29H25N3O6/c1-37-28(35)21-23(18-12-6-3-7-13-18)31-24(19-14-8-4-9-15-19)22(27(34)32(31)25(21)29(36)38-2)30-26(33)20-16-10-5-11-17-20/h3-17,22-24H,1-2H3,(H,30,33)/t22-,23+,24-/m1/s1. The second kappa shape index (κ2) is 10.3. The highest BCUT2D eigenvalue weighted by Crippen LogP contribution is 2.51. The van der Waals surface area contributed by atoms with Crippen LogP contribution >= 0.6 is 0 Å². The molecule has 1 N–H and O–H groups in total. The van der Waals surface area contributed by atoms with Gasteiger partial charge in [0.1, 0.15) is 6.04 Å². The minimum Gasteiger partial charge on any atom is -0.466 e. The maximum atomic E-state index is 14.1. The van der Waals surface area contributed by atoms with Gasteiger partial charge >= 0.3 is 11.9 Å². The summed E-state index contributed by atoms with van der Waals surface area (Å²) in [5, 5.41) is 5.68. The number of methoxy groups -OCH3 is 2. The molecule has 5 rings (SSSR count). The Morgan fingerprint density at radius 3 is 1.82 bits per heavy atom. The Bertz CT molecular complexity index is 1410. The first kappa shape index (κ1) is 24.9. The van der Waals surface area contributed by atoms with Gasteiger partial charge in [-0.2, -0.15) is 5.01 Å². The third kappa shape index (κ3) is 4.12. The average Bonchev–Trinajstić information content (AvgIpc) is 3.45. The molecule has 2 amide bonds. The molecule has 0 spiro atoms. The van der Waals surface area contributed by atoms with Crippen LogP contribution in [0.1, 0.15) is 33.6 Å². The van der Waals surface area contributed by atoms with E-state index in [2.05, 4.69) is 5.32 Å². The van der Waals surface area contributed by atoms with Gasteiger partial charge in [-0.1, -0.05) is 78.9 Å². The van der Waals surface area contributed by atoms with Crippen LogP contribution in [0.4, 0.5) is 0 Å². The molecule has 0 bridgehead atoms. The van der Waals surface area contributed by atoms with Gasteiger partial charge in [0.2, 0.25) is 0 Å². The molecule has 2 aliphatic rings. The maximum Gasteiger partial charge on any atom is 0.356 e. The number of hydrazine groups is 1. The summed E-state index contributed by atoms with van der Waals surface area (Å²) in [7, 11) is 2.39. The van der Waals surface area contributed by atoms with E-state index < -0.39 is 41.9 Å². The van der Waals surface area contributed by atoms with Crippen LogP contribution in [0.15, 0.2) is 102 Å². The van der Waals surface area contributed by atoms with Crippen molar-refractivity contribution in [3.63, 3.8) is 0 Å². The molecule has 2 aliphatic heterocycles. The van der Waals surface area contributed by atoms with E-state index in [0.717, 1.165) is 5.01 Å². The van der Waals surface area contributed by atoms with E-state index in [4.69, 9.17) is 9.47 Å². The molecular weight excluding hydrogens is 486 g/mol. The van der Waals surface area contributed by atoms with Crippen molar-refractivity contribution in [2.45, 2.75) is 18.1 Å². The smallest absolute Gasteiger partial charge is 0.356 e. The summed E-state index contributed by atoms with van der Waals surface area (Å²) in [6.07, 6.45) is 0. The van der Waals surface area contributed by atoms with Gasteiger partial charge in [-0.05, 0) is 23.3 Å². The molecule has 0 saturated carbocycles. The summed E-state index contributed by atoms with van der Waals surface area (Å²) in [6.45, 7) is 0. The number of amides is 2. The van der Waals surface area contributed by atoms with Crippen molar-refractivity contribution >= 4 is 23.8 Å². The highest BCUT2D eigenvalue weighted by molar-refractivity contribution is 6.07. The lowest BCUT2D eigenvalue weighted by Crippen LogP contribution is -2.44. The number of fused-ring (bicyclic) bond motifs is 1. The lowest BCUT2D eigenvalue weighted by Gasteiger charge is -2.33. The molecule has 3 aromatic carbocycles. The second-order valence-corrected chi connectivity index (χ2v) is 8.76. The van der Waals surface area contributed by atoms with Gasteiger partial charge in [0.15, 0.2) is 5.70 Å². The number of nitrogens with one attached hydrogen (secondary N) is 1. The zero-order valence-corrected chi connectivity index (χ0v) is 20.7. The van der Waals surface area contributed by atoms with Gasteiger partial charge in [0.05, 0.1) is 31.9 Å². The van der Waals surface area contributed by atoms with Gasteiger partial charge in [-0.3, -0.25) is 9.59 Å². The number of ether oxygens (including phenoxy) is 2. The van der Waals surface area contributed by atoms with Crippen molar-refractivity contribution in [3.8, 4) is 0 Å². The molecule has 192 valence electrons. The zero-order valence-electron chi connectivity index (χ0n) is 20.7. The predicted octanol–water partition coefficient (Wildman–Crippen LogP) is 2.94. The summed E-state index contributed by atoms with van der Waals surface area (Å²) in [5.74, 6) is -2.66. The summed E-state index contributed by atoms with van der Waals surface area (Å²) >= 11 is 0. The third-order valence-corrected chi connectivity index (χ3v) is 6.67. The minimum atomic E-state index is -1.07. The number of carbonyl (C=O) groups excluding carboxylic acids is 4. The lowest BCUT2D eigenvalue weighted by molar-refractivity contribution is -0.146. The topological polar surface area (TPSA) is 105 Å². The van der Waals surface area contributed by atoms with Gasteiger partial charge in [0, 0.05) is 5.56 Å². The van der Waals surface area contributed by atoms with E-state index in [1.165, 1.54) is 14.2 Å². The molecule has 0 unspecified atom stereocenters. The Kier molecular flexibility index (Phi) is 6.76. The first-order chi connectivity index (χ1) is 18.5. The van der Waals surface area contributed by atoms with E-state index in [0.29, 0.717) is 16.7 Å². The summed E-state index contributed by atoms with van der Waals surface area (Å²) in [4.78, 5) is 53.5. The molecule has 0 radical (unpaired) electrons. The quantitative estimate of drug-likeness (QED) is 0.508. The van der Waals surface area contributed by atoms with E-state index in [9.17, 15) is 19.2 Å². The van der Waals surface area contributed by atoms with Crippen LogP contribution in [0, 0.1) is 0 Å². The normalized spacial score (nSPS) is 20.7. The van der Waals surface area contributed by atoms with Gasteiger partial charge in [-0.15, -0.1) is 0 Å². The third-order valence-electron chi connectivity index (χ3n) is 6.67. The van der Waals surface area contributed by atoms with Crippen LogP contribution in [0.5, 0.6) is 0 Å². The highest BCUT2D eigenvalue weighted by atomic mass is 16.5. The van der Waals surface area contributed by atoms with Crippen molar-refractivity contribution in [1.29, 1.82) is 0 Å². The molecule has 1 fully saturated rings. The first-order valence-electron chi connectivity index (χ1n) is 12.0. The lowest BCUT2D eigenvalue weighted by atomic mass is 9.92. The van der Waals surface area contributed by atoms with Crippen molar-refractivity contribution in [2.75, 3.05) is 14.2 Å². The largest absolute Gasteiger partial charge is 0.466 e. The van der Waals surface area contributed by atoms with Crippen molar-refractivity contribution in [3.05, 3.63) is 119 Å². The van der Waals surface area contributed by atoms with E-state index in [1.54, 1.807) is 59.6 Å². The predicted molar refractivity (Wildman–Crippen MR) is 136 cm³/mol. The second-order valence-electron chi connectivity index (χ2n) is 8.76. The maximum absolute atomic E-state index is 14.1. The number of carbonyl (C=O) groups is 4. The summed E-state index contributed by atoms with van der Waals surface area (Å²) in [6, 6.07) is 24.0. The Labute approximate surface area is 219 Å². The molecule has 3 aromatic rings. The number of benzene rings is 3. The van der Waals surface area contributed by atoms with Crippen LogP contribution < -0.4 is 5.32 Å². The SMILES string of the molecule is COC(=O)C1=C(C(=O)OC)N2C(=O)[C@H](NC(=O)c3ccccc3)[C@@H](c3ccccc3)N2[C@H]1c1ccccc1. The van der Waals surface area contributed by atoms with Crippen LogP contribution in [0.25, 0.3) is 0 Å². The average molecular weight is 512 g/mol. The number of nitrogens with zero attached hydrogens (tertiary/aromatic N) is 2. The van der Waals surface area contributed by atoms with Crippen LogP contribution in [-0.2, 0) is 23.9 Å². The minimum absolute atomic E-state index is 0.0207. The number of hydrogen-bond acceptors (Lipinski definition) is 7. The number of esters is 2. The number of rotatable bonds is 6. The Balaban J connectivity index is 1.71. The fraction of sp³-hybridized carbons (Fsp3) is 0.172. The molecule has 1 saturated heterocycles. The monoisotopic (exact) mass is 511 g/mol. The summed E-state index contributed by atoms with van der Waals surface area (Å²) < 4.78 is 10.1. The first-order valence-corrected chi connectivity index (χ1v) is 12.0.